The van der Waals surface area contributed by atoms with Crippen LogP contribution >= 0.6 is 15.9 Å². The first-order valence-corrected chi connectivity index (χ1v) is 5.72. The number of amides is 2. The molecule has 0 radical (unpaired) electrons. The van der Waals surface area contributed by atoms with Gasteiger partial charge in [-0.15, -0.1) is 0 Å². The molecule has 0 aromatic heterocycles. The maximum absolute atomic E-state index is 13.4. The van der Waals surface area contributed by atoms with Crippen molar-refractivity contribution in [2.45, 2.75) is 19.9 Å². The summed E-state index contributed by atoms with van der Waals surface area (Å²) in [6.07, 6.45) is 0. The topological polar surface area (TPSA) is 58.2 Å². The molecule has 1 rings (SSSR count). The van der Waals surface area contributed by atoms with Crippen molar-refractivity contribution >= 4 is 33.4 Å². The third kappa shape index (κ3) is 4.14. The van der Waals surface area contributed by atoms with Crippen molar-refractivity contribution in [3.8, 4) is 0 Å². The molecule has 4 nitrogen and oxygen atoms in total. The van der Waals surface area contributed by atoms with Crippen LogP contribution in [0.15, 0.2) is 22.7 Å². The van der Waals surface area contributed by atoms with Crippen LogP contribution in [0.25, 0.3) is 0 Å². The molecule has 92 valence electrons. The molecule has 1 atom stereocenters. The Labute approximate surface area is 107 Å². The maximum atomic E-state index is 13.4. The zero-order valence-electron chi connectivity index (χ0n) is 9.38. The molecule has 0 fully saturated rings. The Morgan fingerprint density at radius 3 is 2.59 bits per heavy atom. The Bertz CT molecular complexity index is 451. The van der Waals surface area contributed by atoms with E-state index < -0.39 is 17.8 Å². The van der Waals surface area contributed by atoms with E-state index in [4.69, 9.17) is 0 Å². The summed E-state index contributed by atoms with van der Waals surface area (Å²) in [5.41, 5.74) is 0.0791. The summed E-state index contributed by atoms with van der Waals surface area (Å²) in [6.45, 7) is 2.83. The van der Waals surface area contributed by atoms with Crippen LogP contribution < -0.4 is 10.6 Å². The highest BCUT2D eigenvalue weighted by Gasteiger charge is 2.15. The van der Waals surface area contributed by atoms with Gasteiger partial charge in [-0.25, -0.2) is 4.39 Å². The number of benzene rings is 1. The molecule has 1 unspecified atom stereocenters. The average Bonchev–Trinajstić information content (AvgIpc) is 2.21. The monoisotopic (exact) mass is 302 g/mol. The maximum Gasteiger partial charge on any atom is 0.246 e. The van der Waals surface area contributed by atoms with Crippen LogP contribution in [-0.4, -0.2) is 17.9 Å². The van der Waals surface area contributed by atoms with Crippen molar-refractivity contribution in [1.82, 2.24) is 5.32 Å². The van der Waals surface area contributed by atoms with Gasteiger partial charge in [0, 0.05) is 11.4 Å². The molecule has 0 bridgehead atoms. The first-order valence-electron chi connectivity index (χ1n) is 4.93. The second kappa shape index (κ2) is 5.77. The molecular weight excluding hydrogens is 291 g/mol. The minimum absolute atomic E-state index is 0.0791. The number of hydrogen-bond donors (Lipinski definition) is 2. The molecule has 6 heteroatoms. The SMILES string of the molecule is CC(=O)NC(C)C(=O)Nc1ccc(Br)cc1F. The molecular formula is C11H12BrFN2O2. The van der Waals surface area contributed by atoms with Gasteiger partial charge in [0.05, 0.1) is 5.69 Å². The standard InChI is InChI=1S/C11H12BrFN2O2/c1-6(14-7(2)16)11(17)15-10-4-3-8(12)5-9(10)13/h3-6H,1-2H3,(H,14,16)(H,15,17). The number of rotatable bonds is 3. The number of carbonyl (C=O) groups excluding carboxylic acids is 2. The van der Waals surface area contributed by atoms with Gasteiger partial charge in [-0.1, -0.05) is 15.9 Å². The van der Waals surface area contributed by atoms with Gasteiger partial charge in [-0.3, -0.25) is 9.59 Å². The molecule has 2 N–H and O–H groups in total. The second-order valence-corrected chi connectivity index (χ2v) is 4.45. The second-order valence-electron chi connectivity index (χ2n) is 3.54. The molecule has 1 aromatic carbocycles. The number of halogens is 2. The van der Waals surface area contributed by atoms with Gasteiger partial charge >= 0.3 is 0 Å². The summed E-state index contributed by atoms with van der Waals surface area (Å²) in [5, 5.41) is 4.80. The molecule has 0 saturated carbocycles. The van der Waals surface area contributed by atoms with Gasteiger partial charge in [-0.05, 0) is 25.1 Å². The lowest BCUT2D eigenvalue weighted by atomic mass is 10.2. The lowest BCUT2D eigenvalue weighted by Gasteiger charge is -2.13. The molecule has 2 amide bonds. The average molecular weight is 303 g/mol. The predicted octanol–water partition coefficient (Wildman–Crippen LogP) is 2.05. The van der Waals surface area contributed by atoms with Gasteiger partial charge in [0.1, 0.15) is 11.9 Å². The van der Waals surface area contributed by atoms with Crippen molar-refractivity contribution in [3.05, 3.63) is 28.5 Å². The smallest absolute Gasteiger partial charge is 0.246 e. The van der Waals surface area contributed by atoms with Gasteiger partial charge in [-0.2, -0.15) is 0 Å². The molecule has 1 aromatic rings. The van der Waals surface area contributed by atoms with Gasteiger partial charge in [0.15, 0.2) is 0 Å². The van der Waals surface area contributed by atoms with Gasteiger partial charge in [0.2, 0.25) is 11.8 Å². The Morgan fingerprint density at radius 2 is 2.06 bits per heavy atom. The molecule has 0 spiro atoms. The number of hydrogen-bond acceptors (Lipinski definition) is 2. The summed E-state index contributed by atoms with van der Waals surface area (Å²) in [7, 11) is 0. The fraction of sp³-hybridized carbons (Fsp3) is 0.273. The number of nitrogens with one attached hydrogen (secondary N) is 2. The number of carbonyl (C=O) groups is 2. The fourth-order valence-electron chi connectivity index (χ4n) is 1.20. The molecule has 0 aliphatic carbocycles. The summed E-state index contributed by atoms with van der Waals surface area (Å²) in [4.78, 5) is 22.3. The van der Waals surface area contributed by atoms with Crippen LogP contribution in [0.1, 0.15) is 13.8 Å². The van der Waals surface area contributed by atoms with Crippen LogP contribution in [0, 0.1) is 5.82 Å². The summed E-state index contributed by atoms with van der Waals surface area (Å²) < 4.78 is 14.0. The molecule has 0 saturated heterocycles. The van der Waals surface area contributed by atoms with E-state index in [2.05, 4.69) is 26.6 Å². The first kappa shape index (κ1) is 13.6. The van der Waals surface area contributed by atoms with Crippen LogP contribution in [0.2, 0.25) is 0 Å². The summed E-state index contributed by atoms with van der Waals surface area (Å²) in [6, 6.07) is 3.59. The number of anilines is 1. The Morgan fingerprint density at radius 1 is 1.41 bits per heavy atom. The van der Waals surface area contributed by atoms with Crippen LogP contribution in [-0.2, 0) is 9.59 Å². The quantitative estimate of drug-likeness (QED) is 0.898. The third-order valence-electron chi connectivity index (χ3n) is 2.00. The Hall–Kier alpha value is -1.43. The van der Waals surface area contributed by atoms with Gasteiger partial charge in [0.25, 0.3) is 0 Å². The lowest BCUT2D eigenvalue weighted by molar-refractivity contribution is -0.124. The van der Waals surface area contributed by atoms with Crippen LogP contribution in [0.4, 0.5) is 10.1 Å². The van der Waals surface area contributed by atoms with E-state index in [0.29, 0.717) is 4.47 Å². The highest BCUT2D eigenvalue weighted by Crippen LogP contribution is 2.19. The highest BCUT2D eigenvalue weighted by atomic mass is 79.9. The zero-order valence-corrected chi connectivity index (χ0v) is 11.0. The van der Waals surface area contributed by atoms with Crippen LogP contribution in [0.5, 0.6) is 0 Å². The molecule has 0 aliphatic heterocycles. The van der Waals surface area contributed by atoms with E-state index >= 15 is 0 Å². The minimum atomic E-state index is -0.712. The largest absolute Gasteiger partial charge is 0.345 e. The Kier molecular flexibility index (Phi) is 4.62. The highest BCUT2D eigenvalue weighted by molar-refractivity contribution is 9.10. The summed E-state index contributed by atoms with van der Waals surface area (Å²) >= 11 is 3.11. The van der Waals surface area contributed by atoms with Crippen molar-refractivity contribution < 1.29 is 14.0 Å². The first-order chi connectivity index (χ1) is 7.90. The van der Waals surface area contributed by atoms with Crippen molar-refractivity contribution in [3.63, 3.8) is 0 Å². The van der Waals surface area contributed by atoms with E-state index in [-0.39, 0.29) is 11.6 Å². The molecule has 0 aliphatic rings. The minimum Gasteiger partial charge on any atom is -0.345 e. The predicted molar refractivity (Wildman–Crippen MR) is 66.0 cm³/mol. The summed E-state index contributed by atoms with van der Waals surface area (Å²) in [5.74, 6) is -1.33. The normalized spacial score (nSPS) is 11.8. The lowest BCUT2D eigenvalue weighted by Crippen LogP contribution is -2.40. The van der Waals surface area contributed by atoms with E-state index in [1.807, 2.05) is 0 Å². The van der Waals surface area contributed by atoms with Crippen molar-refractivity contribution in [2.75, 3.05) is 5.32 Å². The van der Waals surface area contributed by atoms with Crippen LogP contribution in [0.3, 0.4) is 0 Å². The Balaban J connectivity index is 2.71. The molecule has 17 heavy (non-hydrogen) atoms. The van der Waals surface area contributed by atoms with E-state index in [0.717, 1.165) is 0 Å². The van der Waals surface area contributed by atoms with E-state index in [1.165, 1.54) is 26.0 Å². The van der Waals surface area contributed by atoms with Gasteiger partial charge < -0.3 is 10.6 Å². The fourth-order valence-corrected chi connectivity index (χ4v) is 1.54. The van der Waals surface area contributed by atoms with Crippen molar-refractivity contribution in [2.24, 2.45) is 0 Å². The van der Waals surface area contributed by atoms with Crippen molar-refractivity contribution in [1.29, 1.82) is 0 Å². The van der Waals surface area contributed by atoms with E-state index in [1.54, 1.807) is 6.07 Å². The molecule has 0 heterocycles. The zero-order chi connectivity index (χ0) is 13.0. The van der Waals surface area contributed by atoms with E-state index in [9.17, 15) is 14.0 Å². The third-order valence-corrected chi connectivity index (χ3v) is 2.50.